The average molecular weight is 256 g/mol. The zero-order chi connectivity index (χ0) is 12.4. The minimum absolute atomic E-state index is 0.0457. The lowest BCUT2D eigenvalue weighted by Crippen LogP contribution is -1.91. The Bertz CT molecular complexity index is 551. The number of carboxylic acid groups (broad SMARTS) is 1. The molecule has 1 aromatic carbocycles. The standard InChI is InChI=1S/C10H6F2N2O2S/c11-5-1-6(12)3-7(2-5)14-10-13-4-8(17-10)9(15)16/h1-4H,(H,13,14)(H,15,16). The van der Waals surface area contributed by atoms with Gasteiger partial charge in [-0.25, -0.2) is 18.6 Å². The topological polar surface area (TPSA) is 62.2 Å². The lowest BCUT2D eigenvalue weighted by atomic mass is 10.3. The predicted molar refractivity (Wildman–Crippen MR) is 58.7 cm³/mol. The predicted octanol–water partition coefficient (Wildman–Crippen LogP) is 2.86. The fourth-order valence-corrected chi connectivity index (χ4v) is 1.86. The van der Waals surface area contributed by atoms with Crippen LogP contribution < -0.4 is 5.32 Å². The lowest BCUT2D eigenvalue weighted by Gasteiger charge is -2.02. The van der Waals surface area contributed by atoms with Gasteiger partial charge in [-0.1, -0.05) is 11.3 Å². The number of nitrogens with one attached hydrogen (secondary N) is 1. The van der Waals surface area contributed by atoms with Gasteiger partial charge < -0.3 is 10.4 Å². The number of nitrogens with zero attached hydrogens (tertiary/aromatic N) is 1. The van der Waals surface area contributed by atoms with Crippen LogP contribution >= 0.6 is 11.3 Å². The van der Waals surface area contributed by atoms with Gasteiger partial charge in [-0.15, -0.1) is 0 Å². The van der Waals surface area contributed by atoms with Gasteiger partial charge in [0.05, 0.1) is 6.20 Å². The fraction of sp³-hybridized carbons (Fsp3) is 0. The highest BCUT2D eigenvalue weighted by Crippen LogP contribution is 2.23. The van der Waals surface area contributed by atoms with Crippen molar-refractivity contribution in [3.63, 3.8) is 0 Å². The van der Waals surface area contributed by atoms with Crippen molar-refractivity contribution in [1.29, 1.82) is 0 Å². The number of carbonyl (C=O) groups is 1. The van der Waals surface area contributed by atoms with Crippen LogP contribution in [0.2, 0.25) is 0 Å². The Morgan fingerprint density at radius 2 is 1.94 bits per heavy atom. The summed E-state index contributed by atoms with van der Waals surface area (Å²) in [5.74, 6) is -2.54. The first kappa shape index (κ1) is 11.5. The summed E-state index contributed by atoms with van der Waals surface area (Å²) in [4.78, 5) is 14.4. The number of halogens is 2. The molecule has 0 aliphatic rings. The molecule has 2 rings (SSSR count). The molecule has 0 radical (unpaired) electrons. The Hall–Kier alpha value is -2.02. The van der Waals surface area contributed by atoms with Crippen molar-refractivity contribution >= 4 is 28.1 Å². The third-order valence-corrected chi connectivity index (χ3v) is 2.73. The number of benzene rings is 1. The van der Waals surface area contributed by atoms with Crippen LogP contribution in [0.4, 0.5) is 19.6 Å². The highest BCUT2D eigenvalue weighted by molar-refractivity contribution is 7.17. The largest absolute Gasteiger partial charge is 0.477 e. The quantitative estimate of drug-likeness (QED) is 0.886. The average Bonchev–Trinajstić information content (AvgIpc) is 2.64. The normalized spacial score (nSPS) is 10.2. The fourth-order valence-electron chi connectivity index (χ4n) is 1.18. The highest BCUT2D eigenvalue weighted by Gasteiger charge is 2.09. The van der Waals surface area contributed by atoms with Gasteiger partial charge in [0.2, 0.25) is 0 Å². The Kier molecular flexibility index (Phi) is 3.01. The molecule has 1 heterocycles. The monoisotopic (exact) mass is 256 g/mol. The Labute approximate surface area is 98.6 Å². The zero-order valence-corrected chi connectivity index (χ0v) is 9.09. The SMILES string of the molecule is O=C(O)c1cnc(Nc2cc(F)cc(F)c2)s1. The molecule has 2 aromatic rings. The molecule has 17 heavy (non-hydrogen) atoms. The van der Waals surface area contributed by atoms with Gasteiger partial charge in [-0.2, -0.15) is 0 Å². The minimum Gasteiger partial charge on any atom is -0.477 e. The number of carboxylic acids is 1. The van der Waals surface area contributed by atoms with E-state index in [-0.39, 0.29) is 15.7 Å². The highest BCUT2D eigenvalue weighted by atomic mass is 32.1. The molecular formula is C10H6F2N2O2S. The van der Waals surface area contributed by atoms with E-state index in [2.05, 4.69) is 10.3 Å². The summed E-state index contributed by atoms with van der Waals surface area (Å²) in [6.07, 6.45) is 1.17. The molecule has 0 saturated heterocycles. The summed E-state index contributed by atoms with van der Waals surface area (Å²) in [5, 5.41) is 11.6. The van der Waals surface area contributed by atoms with Crippen LogP contribution in [0.25, 0.3) is 0 Å². The molecule has 0 amide bonds. The van der Waals surface area contributed by atoms with Gasteiger partial charge in [-0.05, 0) is 12.1 Å². The van der Waals surface area contributed by atoms with Crippen molar-refractivity contribution in [2.24, 2.45) is 0 Å². The van der Waals surface area contributed by atoms with Crippen LogP contribution in [0.3, 0.4) is 0 Å². The molecule has 0 unspecified atom stereocenters. The van der Waals surface area contributed by atoms with Crippen LogP contribution in [0.5, 0.6) is 0 Å². The number of anilines is 2. The number of thiazole rings is 1. The maximum absolute atomic E-state index is 12.9. The van der Waals surface area contributed by atoms with E-state index >= 15 is 0 Å². The molecule has 88 valence electrons. The second-order valence-corrected chi connectivity index (χ2v) is 4.15. The molecule has 0 spiro atoms. The summed E-state index contributed by atoms with van der Waals surface area (Å²) in [7, 11) is 0. The maximum Gasteiger partial charge on any atom is 0.347 e. The van der Waals surface area contributed by atoms with E-state index in [1.807, 2.05) is 0 Å². The van der Waals surface area contributed by atoms with Crippen LogP contribution in [-0.2, 0) is 0 Å². The second kappa shape index (κ2) is 4.46. The van der Waals surface area contributed by atoms with Gasteiger partial charge in [0.1, 0.15) is 16.5 Å². The third kappa shape index (κ3) is 2.76. The second-order valence-electron chi connectivity index (χ2n) is 3.12. The molecule has 4 nitrogen and oxygen atoms in total. The number of hydrogen-bond acceptors (Lipinski definition) is 4. The van der Waals surface area contributed by atoms with Gasteiger partial charge in [-0.3, -0.25) is 0 Å². The zero-order valence-electron chi connectivity index (χ0n) is 8.28. The molecule has 7 heteroatoms. The summed E-state index contributed by atoms with van der Waals surface area (Å²) in [5.41, 5.74) is 0.175. The summed E-state index contributed by atoms with van der Waals surface area (Å²) in [6.45, 7) is 0. The summed E-state index contributed by atoms with van der Waals surface area (Å²) in [6, 6.07) is 2.92. The molecular weight excluding hydrogens is 250 g/mol. The van der Waals surface area contributed by atoms with Crippen LogP contribution in [-0.4, -0.2) is 16.1 Å². The molecule has 0 bridgehead atoms. The van der Waals surface area contributed by atoms with E-state index in [9.17, 15) is 13.6 Å². The third-order valence-electron chi connectivity index (χ3n) is 1.83. The first-order valence-electron chi connectivity index (χ1n) is 4.47. The van der Waals surface area contributed by atoms with E-state index < -0.39 is 17.6 Å². The van der Waals surface area contributed by atoms with E-state index in [0.29, 0.717) is 0 Å². The van der Waals surface area contributed by atoms with Crippen molar-refractivity contribution in [2.45, 2.75) is 0 Å². The Balaban J connectivity index is 2.22. The first-order chi connectivity index (χ1) is 8.04. The smallest absolute Gasteiger partial charge is 0.347 e. The van der Waals surface area contributed by atoms with E-state index in [4.69, 9.17) is 5.11 Å². The molecule has 0 aliphatic heterocycles. The minimum atomic E-state index is -1.10. The van der Waals surface area contributed by atoms with Gasteiger partial charge in [0.15, 0.2) is 5.13 Å². The van der Waals surface area contributed by atoms with E-state index in [0.717, 1.165) is 29.5 Å². The van der Waals surface area contributed by atoms with Gasteiger partial charge in [0.25, 0.3) is 0 Å². The molecule has 1 aromatic heterocycles. The number of aromatic nitrogens is 1. The maximum atomic E-state index is 12.9. The van der Waals surface area contributed by atoms with Crippen LogP contribution in [0, 0.1) is 11.6 Å². The molecule has 0 saturated carbocycles. The number of rotatable bonds is 3. The van der Waals surface area contributed by atoms with E-state index in [1.54, 1.807) is 0 Å². The Morgan fingerprint density at radius 3 is 2.47 bits per heavy atom. The van der Waals surface area contributed by atoms with Crippen LogP contribution in [0.1, 0.15) is 9.67 Å². The van der Waals surface area contributed by atoms with Crippen molar-refractivity contribution < 1.29 is 18.7 Å². The molecule has 0 fully saturated rings. The van der Waals surface area contributed by atoms with E-state index in [1.165, 1.54) is 6.20 Å². The number of hydrogen-bond donors (Lipinski definition) is 2. The van der Waals surface area contributed by atoms with Crippen LogP contribution in [0.15, 0.2) is 24.4 Å². The number of aromatic carboxylic acids is 1. The van der Waals surface area contributed by atoms with Crippen molar-refractivity contribution in [3.05, 3.63) is 40.9 Å². The Morgan fingerprint density at radius 1 is 1.29 bits per heavy atom. The molecule has 2 N–H and O–H groups in total. The van der Waals surface area contributed by atoms with Crippen molar-refractivity contribution in [2.75, 3.05) is 5.32 Å². The first-order valence-corrected chi connectivity index (χ1v) is 5.28. The summed E-state index contributed by atoms with van der Waals surface area (Å²) >= 11 is 0.881. The van der Waals surface area contributed by atoms with Gasteiger partial charge in [0, 0.05) is 11.8 Å². The van der Waals surface area contributed by atoms with Crippen molar-refractivity contribution in [3.8, 4) is 0 Å². The molecule has 0 aliphatic carbocycles. The summed E-state index contributed by atoms with van der Waals surface area (Å²) < 4.78 is 25.7. The lowest BCUT2D eigenvalue weighted by molar-refractivity contribution is 0.0702. The van der Waals surface area contributed by atoms with Crippen molar-refractivity contribution in [1.82, 2.24) is 4.98 Å². The van der Waals surface area contributed by atoms with Gasteiger partial charge >= 0.3 is 5.97 Å². The molecule has 0 atom stereocenters.